The van der Waals surface area contributed by atoms with Gasteiger partial charge in [0.05, 0.1) is 10.9 Å². The van der Waals surface area contributed by atoms with Crippen LogP contribution in [0.3, 0.4) is 0 Å². The van der Waals surface area contributed by atoms with Crippen LogP contribution in [0, 0.1) is 11.6 Å². The number of carboxylic acid groups (broad SMARTS) is 1. The molecule has 0 aromatic heterocycles. The van der Waals surface area contributed by atoms with E-state index in [2.05, 4.69) is 21.2 Å². The van der Waals surface area contributed by atoms with Crippen molar-refractivity contribution in [3.8, 4) is 11.5 Å². The van der Waals surface area contributed by atoms with Crippen molar-refractivity contribution < 1.29 is 28.2 Å². The minimum atomic E-state index is -1.22. The lowest BCUT2D eigenvalue weighted by Gasteiger charge is -2.15. The van der Waals surface area contributed by atoms with E-state index < -0.39 is 29.6 Å². The number of rotatable bonds is 7. The summed E-state index contributed by atoms with van der Waals surface area (Å²) in [7, 11) is 0. The summed E-state index contributed by atoms with van der Waals surface area (Å²) in [6.45, 7) is 0. The summed E-state index contributed by atoms with van der Waals surface area (Å²) in [6, 6.07) is 6.71. The number of amides is 1. The number of aliphatic carboxylic acids is 1. The smallest absolute Gasteiger partial charge is 0.326 e. The Hall–Kier alpha value is -2.68. The molecule has 1 amide bonds. The molecule has 0 radical (unpaired) electrons. The summed E-state index contributed by atoms with van der Waals surface area (Å²) in [5.74, 6) is -3.62. The maximum Gasteiger partial charge on any atom is 0.326 e. The zero-order valence-electron chi connectivity index (χ0n) is 12.6. The van der Waals surface area contributed by atoms with Crippen LogP contribution in [0.25, 0.3) is 0 Å². The van der Waals surface area contributed by atoms with Gasteiger partial charge in [0.15, 0.2) is 11.6 Å². The standard InChI is InChI=1S/C16H13BrF2N2O4/c17-10-5-11(18)12(19)6-14(10)25-9-3-1-8(2-4-9)21-13(16(23)24)7-15(20)22/h1-6,13,21H,7H2,(H2,20,22)(H,23,24)/t13-/m0/s1. The molecule has 0 fully saturated rings. The zero-order chi connectivity index (χ0) is 18.6. The van der Waals surface area contributed by atoms with Gasteiger partial charge in [-0.05, 0) is 46.3 Å². The Morgan fingerprint density at radius 2 is 1.80 bits per heavy atom. The van der Waals surface area contributed by atoms with Crippen LogP contribution in [0.2, 0.25) is 0 Å². The van der Waals surface area contributed by atoms with Crippen molar-refractivity contribution in [3.05, 3.63) is 52.5 Å². The number of carboxylic acids is 1. The fraction of sp³-hybridized carbons (Fsp3) is 0.125. The molecule has 0 aliphatic rings. The van der Waals surface area contributed by atoms with E-state index in [-0.39, 0.29) is 16.6 Å². The average molecular weight is 415 g/mol. The second-order valence-electron chi connectivity index (χ2n) is 5.03. The van der Waals surface area contributed by atoms with Crippen molar-refractivity contribution in [2.24, 2.45) is 5.73 Å². The van der Waals surface area contributed by atoms with E-state index in [0.717, 1.165) is 12.1 Å². The second kappa shape index (κ2) is 7.93. The van der Waals surface area contributed by atoms with Gasteiger partial charge in [0, 0.05) is 11.8 Å². The molecule has 25 heavy (non-hydrogen) atoms. The highest BCUT2D eigenvalue weighted by molar-refractivity contribution is 9.10. The molecule has 0 saturated heterocycles. The number of benzene rings is 2. The molecule has 9 heteroatoms. The summed E-state index contributed by atoms with van der Waals surface area (Å²) in [6.07, 6.45) is -0.366. The van der Waals surface area contributed by atoms with Crippen LogP contribution < -0.4 is 15.8 Å². The van der Waals surface area contributed by atoms with Gasteiger partial charge in [0.2, 0.25) is 5.91 Å². The molecule has 2 aromatic rings. The van der Waals surface area contributed by atoms with Gasteiger partial charge in [0.25, 0.3) is 0 Å². The Kier molecular flexibility index (Phi) is 5.92. The topological polar surface area (TPSA) is 102 Å². The van der Waals surface area contributed by atoms with E-state index in [1.54, 1.807) is 0 Å². The number of hydrogen-bond donors (Lipinski definition) is 3. The van der Waals surface area contributed by atoms with E-state index in [1.807, 2.05) is 0 Å². The molecule has 0 aliphatic heterocycles. The number of hydrogen-bond acceptors (Lipinski definition) is 4. The summed E-state index contributed by atoms with van der Waals surface area (Å²) >= 11 is 3.07. The van der Waals surface area contributed by atoms with Gasteiger partial charge in [0.1, 0.15) is 17.5 Å². The van der Waals surface area contributed by atoms with Gasteiger partial charge in [-0.2, -0.15) is 0 Å². The predicted octanol–water partition coefficient (Wildman–Crippen LogP) is 3.26. The summed E-state index contributed by atoms with van der Waals surface area (Å²) in [5, 5.41) is 11.7. The van der Waals surface area contributed by atoms with E-state index in [9.17, 15) is 18.4 Å². The van der Waals surface area contributed by atoms with Gasteiger partial charge in [-0.15, -0.1) is 0 Å². The highest BCUT2D eigenvalue weighted by Gasteiger charge is 2.19. The summed E-state index contributed by atoms with van der Waals surface area (Å²) in [4.78, 5) is 22.0. The third-order valence-electron chi connectivity index (χ3n) is 3.10. The molecule has 0 spiro atoms. The number of primary amides is 1. The fourth-order valence-electron chi connectivity index (χ4n) is 1.93. The maximum absolute atomic E-state index is 13.3. The molecule has 0 saturated carbocycles. The molecule has 0 aliphatic carbocycles. The molecule has 0 unspecified atom stereocenters. The predicted molar refractivity (Wildman–Crippen MR) is 89.4 cm³/mol. The number of carbonyl (C=O) groups is 2. The number of nitrogens with one attached hydrogen (secondary N) is 1. The van der Waals surface area contributed by atoms with Crippen molar-refractivity contribution in [1.82, 2.24) is 0 Å². The monoisotopic (exact) mass is 414 g/mol. The molecular weight excluding hydrogens is 402 g/mol. The molecule has 1 atom stereocenters. The van der Waals surface area contributed by atoms with Crippen LogP contribution in [0.1, 0.15) is 6.42 Å². The lowest BCUT2D eigenvalue weighted by atomic mass is 10.2. The van der Waals surface area contributed by atoms with Crippen molar-refractivity contribution in [2.45, 2.75) is 12.5 Å². The van der Waals surface area contributed by atoms with Gasteiger partial charge in [-0.1, -0.05) is 0 Å². The second-order valence-corrected chi connectivity index (χ2v) is 5.88. The molecule has 2 rings (SSSR count). The lowest BCUT2D eigenvalue weighted by molar-refractivity contribution is -0.139. The normalized spacial score (nSPS) is 11.6. The van der Waals surface area contributed by atoms with Crippen LogP contribution in [-0.4, -0.2) is 23.0 Å². The Balaban J connectivity index is 2.10. The molecule has 4 N–H and O–H groups in total. The average Bonchev–Trinajstić information content (AvgIpc) is 2.53. The SMILES string of the molecule is NC(=O)C[C@H](Nc1ccc(Oc2cc(F)c(F)cc2Br)cc1)C(=O)O. The first-order valence-electron chi connectivity index (χ1n) is 6.96. The summed E-state index contributed by atoms with van der Waals surface area (Å²) in [5.41, 5.74) is 5.43. The number of nitrogens with two attached hydrogens (primary N) is 1. The lowest BCUT2D eigenvalue weighted by Crippen LogP contribution is -2.33. The first-order valence-corrected chi connectivity index (χ1v) is 7.75. The highest BCUT2D eigenvalue weighted by atomic mass is 79.9. The molecule has 0 heterocycles. The number of halogens is 3. The molecule has 132 valence electrons. The third-order valence-corrected chi connectivity index (χ3v) is 3.72. The first-order chi connectivity index (χ1) is 11.8. The quantitative estimate of drug-likeness (QED) is 0.603. The van der Waals surface area contributed by atoms with Crippen molar-refractivity contribution in [3.63, 3.8) is 0 Å². The first kappa shape index (κ1) is 18.7. The van der Waals surface area contributed by atoms with Crippen molar-refractivity contribution in [2.75, 3.05) is 5.32 Å². The highest BCUT2D eigenvalue weighted by Crippen LogP contribution is 2.32. The zero-order valence-corrected chi connectivity index (χ0v) is 14.2. The van der Waals surface area contributed by atoms with Gasteiger partial charge in [-0.25, -0.2) is 13.6 Å². The Morgan fingerprint density at radius 1 is 1.20 bits per heavy atom. The summed E-state index contributed by atoms with van der Waals surface area (Å²) < 4.78 is 32.0. The van der Waals surface area contributed by atoms with Crippen LogP contribution in [0.4, 0.5) is 14.5 Å². The minimum Gasteiger partial charge on any atom is -0.480 e. The fourth-order valence-corrected chi connectivity index (χ4v) is 2.33. The number of carbonyl (C=O) groups excluding carboxylic acids is 1. The van der Waals surface area contributed by atoms with Crippen LogP contribution >= 0.6 is 15.9 Å². The maximum atomic E-state index is 13.3. The van der Waals surface area contributed by atoms with Crippen molar-refractivity contribution in [1.29, 1.82) is 0 Å². The van der Waals surface area contributed by atoms with Crippen molar-refractivity contribution >= 4 is 33.5 Å². The largest absolute Gasteiger partial charge is 0.480 e. The number of anilines is 1. The van der Waals surface area contributed by atoms with Crippen LogP contribution in [-0.2, 0) is 9.59 Å². The van der Waals surface area contributed by atoms with E-state index in [4.69, 9.17) is 15.6 Å². The molecule has 6 nitrogen and oxygen atoms in total. The number of ether oxygens (including phenoxy) is 1. The molecule has 0 bridgehead atoms. The van der Waals surface area contributed by atoms with Crippen LogP contribution in [0.5, 0.6) is 11.5 Å². The van der Waals surface area contributed by atoms with E-state index >= 15 is 0 Å². The van der Waals surface area contributed by atoms with E-state index in [1.165, 1.54) is 24.3 Å². The van der Waals surface area contributed by atoms with E-state index in [0.29, 0.717) is 11.4 Å². The van der Waals surface area contributed by atoms with Crippen LogP contribution in [0.15, 0.2) is 40.9 Å². The van der Waals surface area contributed by atoms with Gasteiger partial charge >= 0.3 is 5.97 Å². The molecule has 2 aromatic carbocycles. The van der Waals surface area contributed by atoms with Gasteiger partial charge in [-0.3, -0.25) is 4.79 Å². The Labute approximate surface area is 149 Å². The minimum absolute atomic E-state index is 0.0803. The molecular formula is C16H13BrF2N2O4. The Morgan fingerprint density at radius 3 is 2.36 bits per heavy atom. The third kappa shape index (κ3) is 5.15. The Bertz CT molecular complexity index is 799. The van der Waals surface area contributed by atoms with Gasteiger partial charge < -0.3 is 20.9 Å².